The molecule has 9 heteroatoms. The van der Waals surface area contributed by atoms with Crippen molar-refractivity contribution in [1.29, 1.82) is 0 Å². The Kier molecular flexibility index (Phi) is 5.99. The summed E-state index contributed by atoms with van der Waals surface area (Å²) in [5, 5.41) is 8.21. The molecule has 3 aliphatic rings. The lowest BCUT2D eigenvalue weighted by molar-refractivity contribution is 0.188. The minimum atomic E-state index is -0.688. The molecular formula is C31H30F2N6O. The predicted molar refractivity (Wildman–Crippen MR) is 152 cm³/mol. The van der Waals surface area contributed by atoms with Crippen molar-refractivity contribution in [3.63, 3.8) is 0 Å². The van der Waals surface area contributed by atoms with E-state index in [4.69, 9.17) is 17.0 Å². The van der Waals surface area contributed by atoms with Gasteiger partial charge in [-0.25, -0.2) is 13.6 Å². The fourth-order valence-electron chi connectivity index (χ4n) is 6.70. The van der Waals surface area contributed by atoms with Crippen molar-refractivity contribution in [2.45, 2.75) is 37.3 Å². The Morgan fingerprint density at radius 2 is 1.93 bits per heavy atom. The molecule has 1 saturated heterocycles. The Balaban J connectivity index is 1.30. The van der Waals surface area contributed by atoms with Crippen LogP contribution in [0.3, 0.4) is 0 Å². The number of hydrogen-bond donors (Lipinski definition) is 2. The molecule has 0 amide bonds. The highest BCUT2D eigenvalue weighted by atomic mass is 19.1. The third-order valence-corrected chi connectivity index (χ3v) is 8.79. The van der Waals surface area contributed by atoms with E-state index < -0.39 is 11.6 Å². The van der Waals surface area contributed by atoms with Crippen LogP contribution < -0.4 is 15.4 Å². The number of aromatic amines is 1. The van der Waals surface area contributed by atoms with Gasteiger partial charge in [-0.15, -0.1) is 0 Å². The minimum absolute atomic E-state index is 0.0614. The van der Waals surface area contributed by atoms with Crippen LogP contribution in [0.4, 0.5) is 20.2 Å². The normalized spacial score (nSPS) is 22.6. The molecule has 3 atom stereocenters. The van der Waals surface area contributed by atoms with E-state index in [0.717, 1.165) is 55.9 Å². The molecule has 7 rings (SSSR count). The highest BCUT2D eigenvalue weighted by Gasteiger charge is 2.32. The zero-order valence-corrected chi connectivity index (χ0v) is 22.3. The molecule has 0 bridgehead atoms. The molecule has 2 aliphatic heterocycles. The van der Waals surface area contributed by atoms with Gasteiger partial charge < -0.3 is 20.3 Å². The molecule has 3 heterocycles. The number of nitrogens with two attached hydrogens (primary N) is 1. The average Bonchev–Trinajstić information content (AvgIpc) is 3.57. The zero-order chi connectivity index (χ0) is 27.5. The van der Waals surface area contributed by atoms with Gasteiger partial charge in [0, 0.05) is 42.2 Å². The van der Waals surface area contributed by atoms with Gasteiger partial charge in [0.2, 0.25) is 0 Å². The number of likely N-dealkylation sites (N-methyl/N-ethyl adjacent to an activating group) is 1. The topological polar surface area (TPSA) is 74.8 Å². The number of rotatable bonds is 3. The van der Waals surface area contributed by atoms with Gasteiger partial charge in [0.1, 0.15) is 24.0 Å². The van der Waals surface area contributed by atoms with Gasteiger partial charge in [0.05, 0.1) is 29.5 Å². The number of nitrogens with one attached hydrogen (secondary N) is 1. The van der Waals surface area contributed by atoms with Crippen LogP contribution in [0, 0.1) is 18.2 Å². The third kappa shape index (κ3) is 4.02. The SMILES string of the molecule is [C-]#[N+]c1cc2[nH]nc(-c3ccc4c(c3)OCC3CN(C)CCN43)c2cc1-c1c(F)cc(C2CCCC2N)cc1F. The number of piperazine rings is 1. The summed E-state index contributed by atoms with van der Waals surface area (Å²) in [5.41, 5.74) is 10.1. The number of fused-ring (bicyclic) bond motifs is 4. The second-order valence-electron chi connectivity index (χ2n) is 11.3. The van der Waals surface area contributed by atoms with Gasteiger partial charge in [-0.2, -0.15) is 5.10 Å². The quantitative estimate of drug-likeness (QED) is 0.320. The number of anilines is 1. The lowest BCUT2D eigenvalue weighted by Crippen LogP contribution is -2.56. The summed E-state index contributed by atoms with van der Waals surface area (Å²) in [6, 6.07) is 12.3. The first-order valence-electron chi connectivity index (χ1n) is 13.8. The van der Waals surface area contributed by atoms with Gasteiger partial charge in [-0.05, 0) is 67.3 Å². The molecule has 3 unspecified atom stereocenters. The van der Waals surface area contributed by atoms with E-state index in [1.54, 1.807) is 12.1 Å². The van der Waals surface area contributed by atoms with Crippen LogP contribution in [0.2, 0.25) is 0 Å². The summed E-state index contributed by atoms with van der Waals surface area (Å²) in [6.45, 7) is 11.2. The molecule has 2 fully saturated rings. The van der Waals surface area contributed by atoms with Crippen LogP contribution in [0.1, 0.15) is 30.7 Å². The van der Waals surface area contributed by atoms with Gasteiger partial charge in [-0.3, -0.25) is 5.10 Å². The van der Waals surface area contributed by atoms with Crippen LogP contribution in [0.25, 0.3) is 38.1 Å². The van der Waals surface area contributed by atoms with E-state index >= 15 is 8.78 Å². The number of benzene rings is 3. The van der Waals surface area contributed by atoms with Crippen molar-refractivity contribution in [3.8, 4) is 28.1 Å². The number of ether oxygens (including phenoxy) is 1. The molecule has 1 aliphatic carbocycles. The first kappa shape index (κ1) is 25.0. The maximum atomic E-state index is 15.6. The molecule has 4 aromatic rings. The minimum Gasteiger partial charge on any atom is -0.489 e. The van der Waals surface area contributed by atoms with Crippen LogP contribution in [-0.2, 0) is 0 Å². The number of aromatic nitrogens is 2. The summed E-state index contributed by atoms with van der Waals surface area (Å²) >= 11 is 0. The van der Waals surface area contributed by atoms with Crippen molar-refractivity contribution < 1.29 is 13.5 Å². The van der Waals surface area contributed by atoms with E-state index in [2.05, 4.69) is 38.0 Å². The van der Waals surface area contributed by atoms with E-state index in [1.807, 2.05) is 12.1 Å². The second kappa shape index (κ2) is 9.58. The van der Waals surface area contributed by atoms with Crippen LogP contribution in [-0.4, -0.2) is 60.5 Å². The Bertz CT molecular complexity index is 1650. The fourth-order valence-corrected chi connectivity index (χ4v) is 6.70. The van der Waals surface area contributed by atoms with E-state index in [0.29, 0.717) is 34.8 Å². The van der Waals surface area contributed by atoms with E-state index in [-0.39, 0.29) is 28.8 Å². The Morgan fingerprint density at radius 3 is 2.67 bits per heavy atom. The molecule has 3 aromatic carbocycles. The third-order valence-electron chi connectivity index (χ3n) is 8.79. The standard InChI is InChI=1S/C31H30F2N6O/c1-35-26-14-27-22(13-21(26)30-23(32)10-18(11-24(30)33)20-4-3-5-25(20)34)31(37-36-27)17-6-7-28-29(12-17)40-16-19-15-38(2)8-9-39(19)28/h6-7,10-14,19-20,25H,3-5,8-9,15-16,34H2,2H3,(H,36,37). The van der Waals surface area contributed by atoms with Crippen LogP contribution in [0.15, 0.2) is 42.5 Å². The smallest absolute Gasteiger partial charge is 0.197 e. The number of nitrogens with zero attached hydrogens (tertiary/aromatic N) is 4. The first-order chi connectivity index (χ1) is 19.4. The molecule has 7 nitrogen and oxygen atoms in total. The summed E-state index contributed by atoms with van der Waals surface area (Å²) < 4.78 is 37.3. The highest BCUT2D eigenvalue weighted by Crippen LogP contribution is 2.43. The van der Waals surface area contributed by atoms with Gasteiger partial charge in [0.15, 0.2) is 5.69 Å². The summed E-state index contributed by atoms with van der Waals surface area (Å²) in [7, 11) is 2.13. The van der Waals surface area contributed by atoms with Gasteiger partial charge in [0.25, 0.3) is 0 Å². The van der Waals surface area contributed by atoms with Crippen molar-refractivity contribution in [2.24, 2.45) is 5.73 Å². The first-order valence-corrected chi connectivity index (χ1v) is 13.8. The van der Waals surface area contributed by atoms with E-state index in [9.17, 15) is 0 Å². The average molecular weight is 541 g/mol. The molecule has 204 valence electrons. The maximum Gasteiger partial charge on any atom is 0.197 e. The summed E-state index contributed by atoms with van der Waals surface area (Å²) in [4.78, 5) is 8.31. The monoisotopic (exact) mass is 540 g/mol. The van der Waals surface area contributed by atoms with Gasteiger partial charge in [-0.1, -0.05) is 18.6 Å². The summed E-state index contributed by atoms with van der Waals surface area (Å²) in [5.74, 6) is -0.640. The van der Waals surface area contributed by atoms with Crippen molar-refractivity contribution >= 4 is 22.3 Å². The van der Waals surface area contributed by atoms with Crippen LogP contribution in [0.5, 0.6) is 5.75 Å². The van der Waals surface area contributed by atoms with Crippen molar-refractivity contribution in [2.75, 3.05) is 38.2 Å². The van der Waals surface area contributed by atoms with Crippen LogP contribution >= 0.6 is 0 Å². The fraction of sp³-hybridized carbons (Fsp3) is 0.355. The van der Waals surface area contributed by atoms with Crippen molar-refractivity contribution in [3.05, 3.63) is 71.1 Å². The largest absolute Gasteiger partial charge is 0.489 e. The summed E-state index contributed by atoms with van der Waals surface area (Å²) in [6.07, 6.45) is 2.61. The predicted octanol–water partition coefficient (Wildman–Crippen LogP) is 5.83. The molecule has 40 heavy (non-hydrogen) atoms. The van der Waals surface area contributed by atoms with Gasteiger partial charge >= 0.3 is 0 Å². The highest BCUT2D eigenvalue weighted by molar-refractivity contribution is 6.00. The van der Waals surface area contributed by atoms with E-state index in [1.165, 1.54) is 12.1 Å². The zero-order valence-electron chi connectivity index (χ0n) is 22.3. The maximum absolute atomic E-state index is 15.6. The molecule has 1 saturated carbocycles. The lowest BCUT2D eigenvalue weighted by Gasteiger charge is -2.44. The Labute approximate surface area is 231 Å². The second-order valence-corrected chi connectivity index (χ2v) is 11.3. The lowest BCUT2D eigenvalue weighted by atomic mass is 9.91. The molecule has 0 radical (unpaired) electrons. The number of hydrogen-bond acceptors (Lipinski definition) is 5. The molecule has 0 spiro atoms. The Morgan fingerprint density at radius 1 is 1.10 bits per heavy atom. The molecular weight excluding hydrogens is 510 g/mol. The number of H-pyrrole nitrogens is 1. The van der Waals surface area contributed by atoms with Crippen molar-refractivity contribution in [1.82, 2.24) is 15.1 Å². The molecule has 1 aromatic heterocycles. The molecule has 3 N–H and O–H groups in total. The number of halogens is 2. The Hall–Kier alpha value is -4.00.